The number of halogens is 2. The van der Waals surface area contributed by atoms with E-state index in [0.717, 1.165) is 30.2 Å². The first kappa shape index (κ1) is 22.4. The van der Waals surface area contributed by atoms with E-state index in [0.29, 0.717) is 19.8 Å². The third kappa shape index (κ3) is 3.74. The molecule has 166 valence electrons. The topological polar surface area (TPSA) is 40.6 Å². The summed E-state index contributed by atoms with van der Waals surface area (Å²) in [5.41, 5.74) is 1.58. The van der Waals surface area contributed by atoms with Crippen molar-refractivity contribution in [3.8, 4) is 0 Å². The van der Waals surface area contributed by atoms with Gasteiger partial charge in [-0.2, -0.15) is 0 Å². The summed E-state index contributed by atoms with van der Waals surface area (Å²) in [6.07, 6.45) is 0. The van der Waals surface area contributed by atoms with Crippen molar-refractivity contribution in [2.75, 3.05) is 23.9 Å². The van der Waals surface area contributed by atoms with E-state index in [1.54, 1.807) is 23.9 Å². The summed E-state index contributed by atoms with van der Waals surface area (Å²) in [6, 6.07) is 18.8. The first-order valence-electron chi connectivity index (χ1n) is 9.87. The van der Waals surface area contributed by atoms with Crippen LogP contribution in [0.25, 0.3) is 18.8 Å². The van der Waals surface area contributed by atoms with Crippen molar-refractivity contribution in [3.05, 3.63) is 80.5 Å². The molecular weight excluding hydrogens is 515 g/mol. The van der Waals surface area contributed by atoms with Crippen LogP contribution in [-0.2, 0) is 0 Å². The van der Waals surface area contributed by atoms with Gasteiger partial charge in [-0.3, -0.25) is 9.59 Å². The average Bonchev–Trinajstić information content (AvgIpc) is 3.48. The number of hydrogen-bond acceptors (Lipinski definition) is 5. The minimum absolute atomic E-state index is 0.171. The van der Waals surface area contributed by atoms with Gasteiger partial charge >= 0.3 is 0 Å². The lowest BCUT2D eigenvalue weighted by molar-refractivity contribution is 0.0989. The van der Waals surface area contributed by atoms with Crippen molar-refractivity contribution in [2.24, 2.45) is 0 Å². The molecule has 9 heteroatoms. The lowest BCUT2D eigenvalue weighted by Gasteiger charge is -2.16. The Kier molecular flexibility index (Phi) is 5.93. The minimum atomic E-state index is -0.171. The lowest BCUT2D eigenvalue weighted by Crippen LogP contribution is -2.25. The zero-order valence-electron chi connectivity index (χ0n) is 17.5. The molecule has 0 spiro atoms. The fraction of sp³-hybridized carbons (Fsp3) is 0.0833. The highest BCUT2D eigenvalue weighted by atomic mass is 35.5. The molecule has 0 radical (unpaired) electrons. The van der Waals surface area contributed by atoms with Gasteiger partial charge in [0.2, 0.25) is 0 Å². The molecule has 5 rings (SSSR count). The molecule has 0 N–H and O–H groups in total. The van der Waals surface area contributed by atoms with Gasteiger partial charge in [0, 0.05) is 25.5 Å². The molecular formula is C24H16Cl2N2O2S3. The molecule has 0 unspecified atom stereocenters. The van der Waals surface area contributed by atoms with Crippen molar-refractivity contribution < 1.29 is 9.59 Å². The number of rotatable bonds is 4. The molecule has 3 aromatic heterocycles. The minimum Gasteiger partial charge on any atom is -0.311 e. The molecule has 5 aromatic rings. The van der Waals surface area contributed by atoms with Crippen LogP contribution >= 0.6 is 57.2 Å². The van der Waals surface area contributed by atoms with Crippen LogP contribution in [0.3, 0.4) is 0 Å². The van der Waals surface area contributed by atoms with Crippen LogP contribution in [0.1, 0.15) is 19.3 Å². The summed E-state index contributed by atoms with van der Waals surface area (Å²) in [5, 5.41) is 0.864. The Morgan fingerprint density at radius 1 is 0.606 bits per heavy atom. The van der Waals surface area contributed by atoms with E-state index in [4.69, 9.17) is 23.2 Å². The molecule has 0 aliphatic heterocycles. The molecule has 3 heterocycles. The summed E-state index contributed by atoms with van der Waals surface area (Å²) in [7, 11) is 3.46. The standard InChI is InChI=1S/C24H16Cl2N2O2S3/c1-27(13-9-5-3-6-10-13)23(29)19-15(25)17-21(32-19)22-18(31-17)16(26)20(33-22)24(30)28(2)14-11-7-4-8-12-14/h3-12H,1-2H3. The van der Waals surface area contributed by atoms with Gasteiger partial charge in [0.1, 0.15) is 9.75 Å². The van der Waals surface area contributed by atoms with Gasteiger partial charge in [-0.05, 0) is 24.3 Å². The molecule has 0 saturated heterocycles. The summed E-state index contributed by atoms with van der Waals surface area (Å²) in [5.74, 6) is -0.342. The maximum absolute atomic E-state index is 13.2. The summed E-state index contributed by atoms with van der Waals surface area (Å²) in [6.45, 7) is 0. The molecule has 2 aromatic carbocycles. The third-order valence-electron chi connectivity index (χ3n) is 5.31. The highest BCUT2D eigenvalue weighted by Crippen LogP contribution is 2.51. The van der Waals surface area contributed by atoms with E-state index in [-0.39, 0.29) is 11.8 Å². The zero-order valence-corrected chi connectivity index (χ0v) is 21.4. The Balaban J connectivity index is 1.54. The molecule has 4 nitrogen and oxygen atoms in total. The number of carbonyl (C=O) groups is 2. The molecule has 0 fully saturated rings. The van der Waals surface area contributed by atoms with E-state index in [2.05, 4.69) is 0 Å². The van der Waals surface area contributed by atoms with E-state index in [9.17, 15) is 9.59 Å². The predicted octanol–water partition coefficient (Wildman–Crippen LogP) is 8.04. The van der Waals surface area contributed by atoms with E-state index in [1.165, 1.54) is 34.0 Å². The van der Waals surface area contributed by atoms with Gasteiger partial charge in [-0.1, -0.05) is 59.6 Å². The van der Waals surface area contributed by atoms with Crippen LogP contribution in [-0.4, -0.2) is 25.9 Å². The summed E-state index contributed by atoms with van der Waals surface area (Å²) < 4.78 is 3.42. The number of amides is 2. The fourth-order valence-electron chi connectivity index (χ4n) is 3.49. The Hall–Kier alpha value is -2.42. The van der Waals surface area contributed by atoms with Crippen molar-refractivity contribution in [3.63, 3.8) is 0 Å². The number of hydrogen-bond donors (Lipinski definition) is 0. The average molecular weight is 532 g/mol. The molecule has 0 saturated carbocycles. The van der Waals surface area contributed by atoms with Gasteiger partial charge in [0.15, 0.2) is 0 Å². The second-order valence-corrected chi connectivity index (χ2v) is 11.1. The molecule has 0 atom stereocenters. The van der Waals surface area contributed by atoms with Crippen LogP contribution in [0, 0.1) is 0 Å². The zero-order chi connectivity index (χ0) is 23.3. The molecule has 0 aliphatic carbocycles. The highest BCUT2D eigenvalue weighted by molar-refractivity contribution is 7.40. The lowest BCUT2D eigenvalue weighted by atomic mass is 10.3. The van der Waals surface area contributed by atoms with E-state index >= 15 is 0 Å². The molecule has 2 amide bonds. The van der Waals surface area contributed by atoms with Gasteiger partial charge < -0.3 is 9.80 Å². The normalized spacial score (nSPS) is 11.3. The second kappa shape index (κ2) is 8.74. The highest BCUT2D eigenvalue weighted by Gasteiger charge is 2.28. The van der Waals surface area contributed by atoms with Crippen LogP contribution in [0.2, 0.25) is 10.0 Å². The fourth-order valence-corrected chi connectivity index (χ4v) is 8.42. The van der Waals surface area contributed by atoms with Crippen LogP contribution in [0.15, 0.2) is 60.7 Å². The number of para-hydroxylation sites is 2. The Labute approximate surface area is 212 Å². The first-order chi connectivity index (χ1) is 15.9. The van der Waals surface area contributed by atoms with Crippen LogP contribution in [0.4, 0.5) is 11.4 Å². The number of fused-ring (bicyclic) bond motifs is 3. The predicted molar refractivity (Wildman–Crippen MR) is 143 cm³/mol. The summed E-state index contributed by atoms with van der Waals surface area (Å²) >= 11 is 17.4. The van der Waals surface area contributed by atoms with E-state index in [1.807, 2.05) is 60.7 Å². The Bertz CT molecular complexity index is 1390. The van der Waals surface area contributed by atoms with Gasteiger partial charge in [0.05, 0.1) is 28.8 Å². The van der Waals surface area contributed by atoms with Crippen molar-refractivity contribution in [1.29, 1.82) is 0 Å². The van der Waals surface area contributed by atoms with Crippen molar-refractivity contribution >= 4 is 99.2 Å². The SMILES string of the molecule is CN(C(=O)c1sc2c(sc3c(Cl)c(C(=O)N(C)c4ccccc4)sc32)c1Cl)c1ccccc1. The van der Waals surface area contributed by atoms with Crippen molar-refractivity contribution in [2.45, 2.75) is 0 Å². The Morgan fingerprint density at radius 2 is 0.970 bits per heavy atom. The van der Waals surface area contributed by atoms with Crippen molar-refractivity contribution in [1.82, 2.24) is 0 Å². The number of anilines is 2. The quantitative estimate of drug-likeness (QED) is 0.236. The number of benzene rings is 2. The maximum atomic E-state index is 13.2. The monoisotopic (exact) mass is 530 g/mol. The maximum Gasteiger partial charge on any atom is 0.269 e. The largest absolute Gasteiger partial charge is 0.311 e. The number of nitrogens with zero attached hydrogens (tertiary/aromatic N) is 2. The third-order valence-corrected chi connectivity index (χ3v) is 10.5. The molecule has 33 heavy (non-hydrogen) atoms. The summed E-state index contributed by atoms with van der Waals surface area (Å²) in [4.78, 5) is 30.5. The van der Waals surface area contributed by atoms with Crippen LogP contribution in [0.5, 0.6) is 0 Å². The number of thiophene rings is 3. The molecule has 0 aliphatic rings. The smallest absolute Gasteiger partial charge is 0.269 e. The van der Waals surface area contributed by atoms with E-state index < -0.39 is 0 Å². The number of carbonyl (C=O) groups excluding carboxylic acids is 2. The second-order valence-electron chi connectivity index (χ2n) is 7.31. The first-order valence-corrected chi connectivity index (χ1v) is 13.1. The van der Waals surface area contributed by atoms with Gasteiger partial charge in [-0.25, -0.2) is 0 Å². The molecule has 0 bridgehead atoms. The Morgan fingerprint density at radius 3 is 1.33 bits per heavy atom. The van der Waals surface area contributed by atoms with Gasteiger partial charge in [-0.15, -0.1) is 34.0 Å². The van der Waals surface area contributed by atoms with Gasteiger partial charge in [0.25, 0.3) is 11.8 Å². The van der Waals surface area contributed by atoms with Crippen LogP contribution < -0.4 is 9.80 Å².